The van der Waals surface area contributed by atoms with Gasteiger partial charge in [0, 0.05) is 16.6 Å². The monoisotopic (exact) mass is 301 g/mol. The summed E-state index contributed by atoms with van der Waals surface area (Å²) in [5.41, 5.74) is 0.792. The summed E-state index contributed by atoms with van der Waals surface area (Å²) < 4.78 is 13.7. The third-order valence-corrected chi connectivity index (χ3v) is 4.24. The van der Waals surface area contributed by atoms with Gasteiger partial charge in [-0.15, -0.1) is 0 Å². The van der Waals surface area contributed by atoms with Gasteiger partial charge in [-0.05, 0) is 43.4 Å². The zero-order valence-electron chi connectivity index (χ0n) is 9.84. The van der Waals surface area contributed by atoms with Crippen molar-refractivity contribution >= 4 is 15.9 Å². The van der Waals surface area contributed by atoms with E-state index >= 15 is 0 Å². The van der Waals surface area contributed by atoms with Crippen LogP contribution in [0.25, 0.3) is 0 Å². The molecule has 0 aromatic heterocycles. The number of benzene rings is 1. The third kappa shape index (κ3) is 3.06. The Morgan fingerprint density at radius 2 is 2.24 bits per heavy atom. The molecule has 2 nitrogen and oxygen atoms in total. The Labute approximate surface area is 109 Å². The molecule has 4 heteroatoms. The lowest BCUT2D eigenvalue weighted by Crippen LogP contribution is -2.47. The van der Waals surface area contributed by atoms with Crippen LogP contribution in [0.1, 0.15) is 25.3 Å². The number of hydrogen-bond acceptors (Lipinski definition) is 2. The van der Waals surface area contributed by atoms with Crippen molar-refractivity contribution in [1.29, 1.82) is 0 Å². The average Bonchev–Trinajstić information content (AvgIpc) is 3.11. The fraction of sp³-hybridized carbons (Fsp3) is 0.538. The van der Waals surface area contributed by atoms with Gasteiger partial charge in [-0.2, -0.15) is 0 Å². The van der Waals surface area contributed by atoms with Crippen molar-refractivity contribution in [2.75, 3.05) is 6.61 Å². The molecule has 1 atom stereocenters. The first-order valence-electron chi connectivity index (χ1n) is 5.85. The largest absolute Gasteiger partial charge is 0.394 e. The molecular formula is C13H17BrFNO. The minimum absolute atomic E-state index is 0.135. The van der Waals surface area contributed by atoms with E-state index in [2.05, 4.69) is 21.2 Å². The van der Waals surface area contributed by atoms with Crippen LogP contribution in [0, 0.1) is 11.7 Å². The smallest absolute Gasteiger partial charge is 0.124 e. The molecule has 0 amide bonds. The number of aliphatic hydroxyl groups is 1. The number of hydrogen-bond donors (Lipinski definition) is 2. The molecule has 0 saturated heterocycles. The van der Waals surface area contributed by atoms with Crippen molar-refractivity contribution < 1.29 is 9.50 Å². The van der Waals surface area contributed by atoms with Gasteiger partial charge >= 0.3 is 0 Å². The summed E-state index contributed by atoms with van der Waals surface area (Å²) in [7, 11) is 0. The van der Waals surface area contributed by atoms with Crippen LogP contribution in [-0.4, -0.2) is 17.3 Å². The van der Waals surface area contributed by atoms with Gasteiger partial charge in [0.15, 0.2) is 0 Å². The predicted molar refractivity (Wildman–Crippen MR) is 69.2 cm³/mol. The second-order valence-corrected chi connectivity index (χ2v) is 5.79. The number of aliphatic hydroxyl groups excluding tert-OH is 1. The Balaban J connectivity index is 2.01. The van der Waals surface area contributed by atoms with Crippen LogP contribution in [0.3, 0.4) is 0 Å². The van der Waals surface area contributed by atoms with E-state index in [9.17, 15) is 9.50 Å². The lowest BCUT2D eigenvalue weighted by atomic mass is 9.96. The maximum Gasteiger partial charge on any atom is 0.124 e. The number of rotatable bonds is 5. The maximum atomic E-state index is 12.9. The Morgan fingerprint density at radius 1 is 1.53 bits per heavy atom. The highest BCUT2D eigenvalue weighted by atomic mass is 79.9. The van der Waals surface area contributed by atoms with E-state index in [1.54, 1.807) is 6.07 Å². The lowest BCUT2D eigenvalue weighted by molar-refractivity contribution is 0.153. The molecule has 1 aromatic carbocycles. The van der Waals surface area contributed by atoms with Crippen LogP contribution in [0.15, 0.2) is 22.7 Å². The van der Waals surface area contributed by atoms with E-state index in [4.69, 9.17) is 0 Å². The highest BCUT2D eigenvalue weighted by Gasteiger charge is 2.40. The molecular weight excluding hydrogens is 285 g/mol. The fourth-order valence-electron chi connectivity index (χ4n) is 2.01. The molecule has 1 aliphatic rings. The Hall–Kier alpha value is -0.450. The van der Waals surface area contributed by atoms with E-state index in [0.29, 0.717) is 12.5 Å². The summed E-state index contributed by atoms with van der Waals surface area (Å²) in [6, 6.07) is 4.68. The summed E-state index contributed by atoms with van der Waals surface area (Å²) in [5, 5.41) is 12.8. The number of halogens is 2. The third-order valence-electron chi connectivity index (χ3n) is 3.50. The standard InChI is InChI=1S/C13H17BrFNO/c1-13(8-17,10-3-4-10)16-7-9-2-5-11(15)6-12(9)14/h2,5-6,10,16-17H,3-4,7-8H2,1H3. The van der Waals surface area contributed by atoms with Crippen molar-refractivity contribution in [3.63, 3.8) is 0 Å². The Kier molecular flexibility index (Phi) is 3.85. The topological polar surface area (TPSA) is 32.3 Å². The van der Waals surface area contributed by atoms with Crippen molar-refractivity contribution in [1.82, 2.24) is 5.32 Å². The van der Waals surface area contributed by atoms with Crippen LogP contribution in [0.4, 0.5) is 4.39 Å². The summed E-state index contributed by atoms with van der Waals surface area (Å²) in [6.45, 7) is 2.81. The molecule has 0 aliphatic heterocycles. The van der Waals surface area contributed by atoms with E-state index in [0.717, 1.165) is 10.0 Å². The van der Waals surface area contributed by atoms with Crippen LogP contribution in [0.5, 0.6) is 0 Å². The molecule has 1 aromatic rings. The van der Waals surface area contributed by atoms with Gasteiger partial charge in [-0.1, -0.05) is 22.0 Å². The zero-order valence-corrected chi connectivity index (χ0v) is 11.4. The van der Waals surface area contributed by atoms with Crippen molar-refractivity contribution in [3.8, 4) is 0 Å². The molecule has 2 N–H and O–H groups in total. The molecule has 17 heavy (non-hydrogen) atoms. The van der Waals surface area contributed by atoms with Gasteiger partial charge in [0.2, 0.25) is 0 Å². The van der Waals surface area contributed by atoms with Gasteiger partial charge in [0.1, 0.15) is 5.82 Å². The first kappa shape index (κ1) is 13.0. The summed E-state index contributed by atoms with van der Waals surface area (Å²) in [6.07, 6.45) is 2.35. The summed E-state index contributed by atoms with van der Waals surface area (Å²) >= 11 is 3.35. The molecule has 0 radical (unpaired) electrons. The minimum atomic E-state index is -0.243. The average molecular weight is 302 g/mol. The fourth-order valence-corrected chi connectivity index (χ4v) is 2.50. The number of nitrogens with one attached hydrogen (secondary N) is 1. The predicted octanol–water partition coefficient (Wildman–Crippen LogP) is 2.84. The molecule has 0 bridgehead atoms. The zero-order chi connectivity index (χ0) is 12.5. The molecule has 94 valence electrons. The molecule has 0 spiro atoms. The van der Waals surface area contributed by atoms with Crippen LogP contribution in [-0.2, 0) is 6.54 Å². The molecule has 1 unspecified atom stereocenters. The minimum Gasteiger partial charge on any atom is -0.394 e. The maximum absolute atomic E-state index is 12.9. The highest BCUT2D eigenvalue weighted by molar-refractivity contribution is 9.10. The quantitative estimate of drug-likeness (QED) is 0.876. The molecule has 2 rings (SSSR count). The Morgan fingerprint density at radius 3 is 2.76 bits per heavy atom. The molecule has 1 fully saturated rings. The first-order chi connectivity index (χ1) is 8.05. The van der Waals surface area contributed by atoms with Gasteiger partial charge in [0.25, 0.3) is 0 Å². The van der Waals surface area contributed by atoms with Gasteiger partial charge in [-0.25, -0.2) is 4.39 Å². The van der Waals surface area contributed by atoms with E-state index in [1.807, 2.05) is 6.92 Å². The lowest BCUT2D eigenvalue weighted by Gasteiger charge is -2.29. The second kappa shape index (κ2) is 5.04. The highest BCUT2D eigenvalue weighted by Crippen LogP contribution is 2.39. The van der Waals surface area contributed by atoms with E-state index < -0.39 is 0 Å². The van der Waals surface area contributed by atoms with Crippen molar-refractivity contribution in [2.24, 2.45) is 5.92 Å². The second-order valence-electron chi connectivity index (χ2n) is 4.94. The van der Waals surface area contributed by atoms with E-state index in [-0.39, 0.29) is 18.0 Å². The van der Waals surface area contributed by atoms with Crippen LogP contribution >= 0.6 is 15.9 Å². The van der Waals surface area contributed by atoms with E-state index in [1.165, 1.54) is 25.0 Å². The van der Waals surface area contributed by atoms with Gasteiger partial charge < -0.3 is 10.4 Å². The first-order valence-corrected chi connectivity index (χ1v) is 6.64. The van der Waals surface area contributed by atoms with Crippen molar-refractivity contribution in [2.45, 2.75) is 31.8 Å². The van der Waals surface area contributed by atoms with Crippen molar-refractivity contribution in [3.05, 3.63) is 34.1 Å². The SMILES string of the molecule is CC(CO)(NCc1ccc(F)cc1Br)C1CC1. The van der Waals surface area contributed by atoms with Crippen LogP contribution < -0.4 is 5.32 Å². The van der Waals surface area contributed by atoms with Gasteiger partial charge in [-0.3, -0.25) is 0 Å². The Bertz CT molecular complexity index is 408. The summed E-state index contributed by atoms with van der Waals surface area (Å²) in [5.74, 6) is 0.319. The summed E-state index contributed by atoms with van der Waals surface area (Å²) in [4.78, 5) is 0. The molecule has 0 heterocycles. The normalized spacial score (nSPS) is 19.1. The van der Waals surface area contributed by atoms with Crippen LogP contribution in [0.2, 0.25) is 0 Å². The molecule has 1 saturated carbocycles. The van der Waals surface area contributed by atoms with Gasteiger partial charge in [0.05, 0.1) is 6.61 Å². The molecule has 1 aliphatic carbocycles.